The van der Waals surface area contributed by atoms with Gasteiger partial charge in [-0.25, -0.2) is 9.98 Å². The number of nitrogens with zero attached hydrogens (tertiary/aromatic N) is 4. The zero-order valence-electron chi connectivity index (χ0n) is 29.7. The van der Waals surface area contributed by atoms with Crippen LogP contribution in [0.1, 0.15) is 52.5 Å². The molecule has 3 aromatic rings. The highest BCUT2D eigenvalue weighted by Gasteiger charge is 2.17. The van der Waals surface area contributed by atoms with E-state index in [4.69, 9.17) is 9.47 Å². The van der Waals surface area contributed by atoms with E-state index in [9.17, 15) is 9.59 Å². The van der Waals surface area contributed by atoms with Crippen LogP contribution < -0.4 is 25.6 Å². The Morgan fingerprint density at radius 3 is 2.38 bits per heavy atom. The predicted molar refractivity (Wildman–Crippen MR) is 205 cm³/mol. The van der Waals surface area contributed by atoms with Gasteiger partial charge in [-0.3, -0.25) is 9.59 Å². The van der Waals surface area contributed by atoms with Crippen LogP contribution in [0, 0.1) is 6.92 Å². The highest BCUT2D eigenvalue weighted by molar-refractivity contribution is 6.07. The zero-order chi connectivity index (χ0) is 34.8. The second-order valence-corrected chi connectivity index (χ2v) is 12.3. The number of amides is 2. The van der Waals surface area contributed by atoms with Crippen LogP contribution in [0.3, 0.4) is 0 Å². The fourth-order valence-electron chi connectivity index (χ4n) is 5.35. The highest BCUT2D eigenvalue weighted by atomic mass is 35.5. The van der Waals surface area contributed by atoms with E-state index in [0.717, 1.165) is 76.3 Å². The van der Waals surface area contributed by atoms with Gasteiger partial charge in [0.05, 0.1) is 25.8 Å². The smallest absolute Gasteiger partial charge is 0.255 e. The Morgan fingerprint density at radius 1 is 0.960 bits per heavy atom. The summed E-state index contributed by atoms with van der Waals surface area (Å²) in [6, 6.07) is 23.0. The van der Waals surface area contributed by atoms with Crippen molar-refractivity contribution in [2.45, 2.75) is 39.2 Å². The Hall–Kier alpha value is -4.25. The Balaban J connectivity index is 0.000000488. The van der Waals surface area contributed by atoms with Crippen LogP contribution in [0.4, 0.5) is 17.1 Å². The molecule has 5 rings (SSSR count). The number of nitrogens with one attached hydrogen (secondary N) is 3. The molecule has 0 bridgehead atoms. The number of piperidine rings is 1. The lowest BCUT2D eigenvalue weighted by molar-refractivity contribution is 0.101. The van der Waals surface area contributed by atoms with Crippen molar-refractivity contribution in [3.05, 3.63) is 83.4 Å². The molecule has 50 heavy (non-hydrogen) atoms. The number of ether oxygens (including phenoxy) is 2. The molecule has 0 spiro atoms. The summed E-state index contributed by atoms with van der Waals surface area (Å²) in [6.45, 7) is 11.4. The molecule has 2 aliphatic rings. The van der Waals surface area contributed by atoms with Gasteiger partial charge in [-0.2, -0.15) is 0 Å². The zero-order valence-corrected chi connectivity index (χ0v) is 30.6. The average molecular weight is 706 g/mol. The monoisotopic (exact) mass is 705 g/mol. The number of carbonyl (C=O) groups excluding carboxylic acids is 2. The first-order valence-electron chi connectivity index (χ1n) is 17.2. The lowest BCUT2D eigenvalue weighted by Crippen LogP contribution is -2.36. The number of benzene rings is 3. The number of anilines is 3. The van der Waals surface area contributed by atoms with E-state index in [2.05, 4.69) is 55.8 Å². The van der Waals surface area contributed by atoms with Crippen LogP contribution in [0.5, 0.6) is 5.75 Å². The van der Waals surface area contributed by atoms with Crippen molar-refractivity contribution in [3.8, 4) is 5.75 Å². The van der Waals surface area contributed by atoms with Gasteiger partial charge < -0.3 is 35.2 Å². The number of carbonyl (C=O) groups is 2. The number of rotatable bonds is 12. The molecule has 0 aliphatic carbocycles. The second-order valence-electron chi connectivity index (χ2n) is 12.3. The minimum absolute atomic E-state index is 0. The van der Waals surface area contributed by atoms with Gasteiger partial charge in [0.15, 0.2) is 0 Å². The first-order chi connectivity index (χ1) is 23.8. The van der Waals surface area contributed by atoms with Crippen LogP contribution in [0.2, 0.25) is 0 Å². The summed E-state index contributed by atoms with van der Waals surface area (Å²) in [4.78, 5) is 38.3. The standard InChI is InChI=1S/C30H34N4O4.C8H17N3.ClH/c1-21-8-9-24(32-29(35)22-4-2-6-25(18-22)34-14-16-37-17-15-34)20-28(21)33-30(36)23-5-3-7-27(19-23)38-26-10-12-31-13-11-26;1-4-9-8-10-6-5-7-11(2)3;/h2-9,18-20,26,31H,10-17H2,1H3,(H,32,35)(H,33,36);4-7H2,1-3H3;1H. The number of hydrogen-bond acceptors (Lipinski definition) is 9. The van der Waals surface area contributed by atoms with Gasteiger partial charge in [-0.05, 0) is 121 Å². The number of morpholine rings is 1. The molecule has 3 aromatic carbocycles. The summed E-state index contributed by atoms with van der Waals surface area (Å²) in [5, 5.41) is 9.28. The lowest BCUT2D eigenvalue weighted by Gasteiger charge is -2.29. The Morgan fingerprint density at radius 2 is 1.66 bits per heavy atom. The molecule has 0 atom stereocenters. The van der Waals surface area contributed by atoms with Crippen LogP contribution in [0.25, 0.3) is 0 Å². The molecule has 2 fully saturated rings. The van der Waals surface area contributed by atoms with Gasteiger partial charge in [0, 0.05) is 47.8 Å². The number of hydrogen-bond donors (Lipinski definition) is 3. The minimum Gasteiger partial charge on any atom is -0.490 e. The minimum atomic E-state index is -0.231. The van der Waals surface area contributed by atoms with E-state index < -0.39 is 0 Å². The molecule has 2 saturated heterocycles. The normalized spacial score (nSPS) is 14.3. The predicted octanol–water partition coefficient (Wildman–Crippen LogP) is 6.02. The van der Waals surface area contributed by atoms with Crippen LogP contribution in [-0.2, 0) is 4.74 Å². The third-order valence-electron chi connectivity index (χ3n) is 8.09. The quantitative estimate of drug-likeness (QED) is 0.156. The molecule has 2 heterocycles. The summed E-state index contributed by atoms with van der Waals surface area (Å²) in [5.74, 6) is 0.260. The van der Waals surface area contributed by atoms with E-state index in [1.54, 1.807) is 24.3 Å². The Labute approximate surface area is 303 Å². The molecule has 0 saturated carbocycles. The molecule has 270 valence electrons. The Bertz CT molecular complexity index is 1570. The van der Waals surface area contributed by atoms with Crippen LogP contribution in [0.15, 0.2) is 76.7 Å². The van der Waals surface area contributed by atoms with Gasteiger partial charge in [0.2, 0.25) is 0 Å². The summed E-state index contributed by atoms with van der Waals surface area (Å²) < 4.78 is 11.5. The molecule has 2 aliphatic heterocycles. The van der Waals surface area contributed by atoms with Crippen molar-refractivity contribution < 1.29 is 19.1 Å². The second kappa shape index (κ2) is 21.8. The molecule has 2 amide bonds. The third kappa shape index (κ3) is 13.6. The molecule has 0 unspecified atom stereocenters. The number of aliphatic imine (C=N–C) groups is 2. The number of aryl methyl sites for hydroxylation is 1. The fraction of sp³-hybridized carbons (Fsp3) is 0.447. The largest absolute Gasteiger partial charge is 0.490 e. The van der Waals surface area contributed by atoms with Crippen molar-refractivity contribution >= 4 is 47.3 Å². The SMILES string of the molecule is CCN=C=NCCCN(C)C.Cc1ccc(NC(=O)c2cccc(N3CCOCC3)c2)cc1NC(=O)c1cccc(OC2CCNCC2)c1.Cl. The van der Waals surface area contributed by atoms with Gasteiger partial charge in [-0.1, -0.05) is 18.2 Å². The fourth-order valence-corrected chi connectivity index (χ4v) is 5.35. The van der Waals surface area contributed by atoms with Crippen molar-refractivity contribution in [2.24, 2.45) is 9.98 Å². The van der Waals surface area contributed by atoms with Gasteiger partial charge >= 0.3 is 0 Å². The van der Waals surface area contributed by atoms with E-state index in [1.165, 1.54) is 0 Å². The van der Waals surface area contributed by atoms with Crippen molar-refractivity contribution in [1.82, 2.24) is 10.2 Å². The molecular formula is C38H52ClN7O4. The Kier molecular flexibility index (Phi) is 17.5. The average Bonchev–Trinajstić information content (AvgIpc) is 3.12. The van der Waals surface area contributed by atoms with E-state index in [0.29, 0.717) is 41.5 Å². The summed E-state index contributed by atoms with van der Waals surface area (Å²) in [6.07, 6.45) is 3.14. The maximum atomic E-state index is 13.1. The maximum absolute atomic E-state index is 13.1. The van der Waals surface area contributed by atoms with Crippen molar-refractivity contribution in [2.75, 3.05) is 88.7 Å². The number of halogens is 1. The molecule has 0 aromatic heterocycles. The van der Waals surface area contributed by atoms with Gasteiger partial charge in [0.25, 0.3) is 11.8 Å². The summed E-state index contributed by atoms with van der Waals surface area (Å²) in [7, 11) is 4.12. The van der Waals surface area contributed by atoms with Crippen molar-refractivity contribution in [1.29, 1.82) is 0 Å². The molecule has 3 N–H and O–H groups in total. The van der Waals surface area contributed by atoms with Crippen molar-refractivity contribution in [3.63, 3.8) is 0 Å². The first-order valence-corrected chi connectivity index (χ1v) is 17.2. The first kappa shape index (κ1) is 40.2. The summed E-state index contributed by atoms with van der Waals surface area (Å²) in [5.41, 5.74) is 4.24. The molecular weight excluding hydrogens is 654 g/mol. The van der Waals surface area contributed by atoms with Crippen LogP contribution in [-0.4, -0.2) is 102 Å². The lowest BCUT2D eigenvalue weighted by atomic mass is 10.1. The molecule has 11 nitrogen and oxygen atoms in total. The topological polar surface area (TPSA) is 120 Å². The van der Waals surface area contributed by atoms with Crippen LogP contribution >= 0.6 is 12.4 Å². The summed E-state index contributed by atoms with van der Waals surface area (Å²) >= 11 is 0. The third-order valence-corrected chi connectivity index (χ3v) is 8.09. The molecule has 12 heteroatoms. The van der Waals surface area contributed by atoms with E-state index in [-0.39, 0.29) is 30.3 Å². The van der Waals surface area contributed by atoms with Gasteiger partial charge in [0.1, 0.15) is 11.9 Å². The van der Waals surface area contributed by atoms with E-state index >= 15 is 0 Å². The highest BCUT2D eigenvalue weighted by Crippen LogP contribution is 2.24. The maximum Gasteiger partial charge on any atom is 0.255 e. The molecule has 0 radical (unpaired) electrons. The van der Waals surface area contributed by atoms with E-state index in [1.807, 2.05) is 56.3 Å². The van der Waals surface area contributed by atoms with Gasteiger partial charge in [-0.15, -0.1) is 12.4 Å².